The van der Waals surface area contributed by atoms with E-state index in [1.165, 1.54) is 6.07 Å². The number of aromatic amines is 1. The summed E-state index contributed by atoms with van der Waals surface area (Å²) < 4.78 is 21.0. The Hall–Kier alpha value is -5.36. The van der Waals surface area contributed by atoms with Gasteiger partial charge in [-0.05, 0) is 94.8 Å². The Labute approximate surface area is 380 Å². The number of carbonyl (C=O) groups is 6. The number of hydrogen-bond donors (Lipinski definition) is 2. The van der Waals surface area contributed by atoms with Gasteiger partial charge in [-0.15, -0.1) is 0 Å². The van der Waals surface area contributed by atoms with Crippen LogP contribution in [0.15, 0.2) is 35.1 Å². The molecule has 16 nitrogen and oxygen atoms in total. The maximum Gasteiger partial charge on any atom is 0.264 e. The highest BCUT2D eigenvalue weighted by molar-refractivity contribution is 7.99. The first-order chi connectivity index (χ1) is 31.4. The SMILES string of the molecule is CC(=O)N1CCC(COc2cc(F)c3c(=O)[nH]c(CSC4CCN(C(=O)C5CCN(CC6CCN(c7cccc8c7C(=O)N(C7CCC(=O)NC7=O)C8=O)CC6)CC5)CC4)nc3c2)CC1. The summed E-state index contributed by atoms with van der Waals surface area (Å²) in [5.74, 6) is -0.350. The first-order valence-corrected chi connectivity index (χ1v) is 24.3. The smallest absolute Gasteiger partial charge is 0.264 e. The first-order valence-electron chi connectivity index (χ1n) is 23.2. The molecule has 2 aromatic carbocycles. The van der Waals surface area contributed by atoms with Crippen molar-refractivity contribution >= 4 is 63.8 Å². The van der Waals surface area contributed by atoms with Gasteiger partial charge >= 0.3 is 0 Å². The standard InChI is InChI=1S/C47H57FN8O8S/c1-28(57)53-17-9-30(10-18-53)26-64-32-23-35(48)42-36(24-32)49-39(50-44(42)60)27-65-33-13-21-55(22-14-33)45(61)31-11-15-52(16-12-31)25-29-7-19-54(20-8-29)37-4-2-3-34-41(37)47(63)56(46(34)62)38-5-6-40(58)51-43(38)59/h2-4,23-24,29-31,33,38H,5-22,25-27H2,1H3,(H,49,50,60)(H,51,58,59). The number of imide groups is 2. The maximum absolute atomic E-state index is 15.1. The number of nitrogens with zero attached hydrogens (tertiary/aromatic N) is 6. The number of amides is 6. The maximum atomic E-state index is 15.1. The number of likely N-dealkylation sites (tertiary alicyclic amines) is 3. The van der Waals surface area contributed by atoms with Crippen LogP contribution in [0.2, 0.25) is 0 Å². The molecule has 0 saturated carbocycles. The number of aromatic nitrogens is 2. The van der Waals surface area contributed by atoms with Gasteiger partial charge in [0.15, 0.2) is 0 Å². The number of anilines is 1. The third-order valence-electron chi connectivity index (χ3n) is 14.4. The van der Waals surface area contributed by atoms with E-state index < -0.39 is 41.0 Å². The van der Waals surface area contributed by atoms with Crippen LogP contribution in [-0.2, 0) is 24.9 Å². The van der Waals surface area contributed by atoms with Gasteiger partial charge in [0.05, 0.1) is 34.7 Å². The fourth-order valence-corrected chi connectivity index (χ4v) is 11.6. The second-order valence-electron chi connectivity index (χ2n) is 18.6. The fraction of sp³-hybridized carbons (Fsp3) is 0.574. The molecule has 1 unspecified atom stereocenters. The van der Waals surface area contributed by atoms with Gasteiger partial charge in [-0.2, -0.15) is 11.8 Å². The number of hydrogen-bond acceptors (Lipinski definition) is 12. The Morgan fingerprint density at radius 1 is 0.831 bits per heavy atom. The molecule has 3 aromatic rings. The van der Waals surface area contributed by atoms with E-state index in [0.717, 1.165) is 89.0 Å². The summed E-state index contributed by atoms with van der Waals surface area (Å²) >= 11 is 1.70. The number of carbonyl (C=O) groups excluding carboxylic acids is 6. The Balaban J connectivity index is 0.698. The Kier molecular flexibility index (Phi) is 13.3. The van der Waals surface area contributed by atoms with E-state index in [1.54, 1.807) is 36.9 Å². The summed E-state index contributed by atoms with van der Waals surface area (Å²) in [7, 11) is 0. The van der Waals surface area contributed by atoms with Crippen LogP contribution >= 0.6 is 11.8 Å². The van der Waals surface area contributed by atoms with Crippen molar-refractivity contribution in [2.75, 3.05) is 70.4 Å². The van der Waals surface area contributed by atoms with Crippen molar-refractivity contribution in [1.82, 2.24) is 34.9 Å². The van der Waals surface area contributed by atoms with Gasteiger partial charge in [-0.1, -0.05) is 6.07 Å². The molecule has 6 aliphatic heterocycles. The molecule has 9 rings (SSSR count). The van der Waals surface area contributed by atoms with Gasteiger partial charge < -0.3 is 29.3 Å². The molecule has 5 fully saturated rings. The normalized spacial score (nSPS) is 22.2. The first kappa shape index (κ1) is 44.8. The van der Waals surface area contributed by atoms with Crippen LogP contribution < -0.4 is 20.5 Å². The van der Waals surface area contributed by atoms with E-state index in [9.17, 15) is 33.6 Å². The van der Waals surface area contributed by atoms with E-state index in [1.807, 2.05) is 15.9 Å². The third-order valence-corrected chi connectivity index (χ3v) is 15.8. The van der Waals surface area contributed by atoms with E-state index in [-0.39, 0.29) is 47.4 Å². The second-order valence-corrected chi connectivity index (χ2v) is 19.8. The largest absolute Gasteiger partial charge is 0.493 e. The third kappa shape index (κ3) is 9.65. The summed E-state index contributed by atoms with van der Waals surface area (Å²) in [6, 6.07) is 7.15. The van der Waals surface area contributed by atoms with Gasteiger partial charge in [-0.3, -0.25) is 43.8 Å². The topological polar surface area (TPSA) is 186 Å². The Morgan fingerprint density at radius 2 is 1.54 bits per heavy atom. The van der Waals surface area contributed by atoms with E-state index >= 15 is 4.39 Å². The molecule has 2 N–H and O–H groups in total. The summed E-state index contributed by atoms with van der Waals surface area (Å²) in [5, 5.41) is 2.47. The van der Waals surface area contributed by atoms with E-state index in [4.69, 9.17) is 4.74 Å². The van der Waals surface area contributed by atoms with E-state index in [2.05, 4.69) is 25.1 Å². The lowest BCUT2D eigenvalue weighted by molar-refractivity contribution is -0.138. The lowest BCUT2D eigenvalue weighted by atomic mass is 9.91. The zero-order valence-corrected chi connectivity index (χ0v) is 37.7. The van der Waals surface area contributed by atoms with E-state index in [0.29, 0.717) is 78.1 Å². The predicted molar refractivity (Wildman–Crippen MR) is 241 cm³/mol. The van der Waals surface area contributed by atoms with Crippen molar-refractivity contribution in [3.05, 3.63) is 63.5 Å². The number of benzene rings is 2. The van der Waals surface area contributed by atoms with Crippen LogP contribution in [0.5, 0.6) is 5.75 Å². The van der Waals surface area contributed by atoms with Crippen molar-refractivity contribution in [2.45, 2.75) is 88.2 Å². The molecule has 7 heterocycles. The van der Waals surface area contributed by atoms with Gasteiger partial charge in [0.25, 0.3) is 17.4 Å². The minimum atomic E-state index is -0.996. The molecule has 6 amide bonds. The fourth-order valence-electron chi connectivity index (χ4n) is 10.6. The number of halogens is 1. The van der Waals surface area contributed by atoms with Crippen LogP contribution in [0.4, 0.5) is 10.1 Å². The van der Waals surface area contributed by atoms with Crippen molar-refractivity contribution in [1.29, 1.82) is 0 Å². The molecule has 0 aliphatic carbocycles. The summed E-state index contributed by atoms with van der Waals surface area (Å²) in [6.45, 7) is 8.90. The Morgan fingerprint density at radius 3 is 2.25 bits per heavy atom. The number of rotatable bonds is 11. The van der Waals surface area contributed by atoms with Crippen LogP contribution in [-0.4, -0.2) is 142 Å². The summed E-state index contributed by atoms with van der Waals surface area (Å²) in [5.41, 5.74) is 1.08. The number of ether oxygens (including phenoxy) is 1. The number of nitrogens with one attached hydrogen (secondary N) is 2. The van der Waals surface area contributed by atoms with Gasteiger partial charge in [0.2, 0.25) is 23.6 Å². The van der Waals surface area contributed by atoms with Gasteiger partial charge in [0, 0.05) is 82.5 Å². The van der Waals surface area contributed by atoms with Crippen LogP contribution in [0.25, 0.3) is 10.9 Å². The molecular formula is C47H57FN8O8S. The lowest BCUT2D eigenvalue weighted by Gasteiger charge is -2.40. The van der Waals surface area contributed by atoms with Crippen LogP contribution in [0.1, 0.15) is 97.7 Å². The molecule has 18 heteroatoms. The highest BCUT2D eigenvalue weighted by atomic mass is 32.2. The molecule has 0 radical (unpaired) electrons. The van der Waals surface area contributed by atoms with Crippen molar-refractivity contribution in [3.63, 3.8) is 0 Å². The number of piperidine rings is 5. The average Bonchev–Trinajstić information content (AvgIpc) is 3.56. The minimum Gasteiger partial charge on any atom is -0.493 e. The quantitative estimate of drug-likeness (QED) is 0.265. The van der Waals surface area contributed by atoms with Gasteiger partial charge in [-0.25, -0.2) is 9.37 Å². The lowest BCUT2D eigenvalue weighted by Crippen LogP contribution is -2.54. The molecule has 65 heavy (non-hydrogen) atoms. The molecule has 5 saturated heterocycles. The number of H-pyrrole nitrogens is 1. The van der Waals surface area contributed by atoms with Crippen molar-refractivity contribution in [2.24, 2.45) is 17.8 Å². The highest BCUT2D eigenvalue weighted by Gasteiger charge is 2.46. The average molecular weight is 913 g/mol. The van der Waals surface area contributed by atoms with Gasteiger partial charge in [0.1, 0.15) is 28.8 Å². The van der Waals surface area contributed by atoms with Crippen LogP contribution in [0, 0.1) is 23.6 Å². The molecule has 346 valence electrons. The molecule has 0 spiro atoms. The predicted octanol–water partition coefficient (Wildman–Crippen LogP) is 3.95. The zero-order chi connectivity index (χ0) is 45.4. The highest BCUT2D eigenvalue weighted by Crippen LogP contribution is 2.37. The summed E-state index contributed by atoms with van der Waals surface area (Å²) in [6.07, 6.45) is 7.06. The number of fused-ring (bicyclic) bond motifs is 2. The number of thioether (sulfide) groups is 1. The molecule has 1 aromatic heterocycles. The van der Waals surface area contributed by atoms with Crippen molar-refractivity contribution < 1.29 is 37.9 Å². The Bertz CT molecular complexity index is 2420. The molecule has 0 bridgehead atoms. The van der Waals surface area contributed by atoms with Crippen molar-refractivity contribution in [3.8, 4) is 5.75 Å². The monoisotopic (exact) mass is 912 g/mol. The second kappa shape index (κ2) is 19.2. The van der Waals surface area contributed by atoms with Crippen LogP contribution in [0.3, 0.4) is 0 Å². The molecule has 6 aliphatic rings. The zero-order valence-electron chi connectivity index (χ0n) is 36.9. The molecule has 1 atom stereocenters. The summed E-state index contributed by atoms with van der Waals surface area (Å²) in [4.78, 5) is 106. The molecular weight excluding hydrogens is 856 g/mol. The minimum absolute atomic E-state index is 0.0124.